The van der Waals surface area contributed by atoms with Gasteiger partial charge in [-0.2, -0.15) is 5.10 Å². The first-order valence-electron chi connectivity index (χ1n) is 6.24. The van der Waals surface area contributed by atoms with Crippen molar-refractivity contribution in [3.05, 3.63) is 36.9 Å². The Bertz CT molecular complexity index is 541. The van der Waals surface area contributed by atoms with Crippen LogP contribution in [-0.4, -0.2) is 48.6 Å². The zero-order valence-electron chi connectivity index (χ0n) is 10.4. The van der Waals surface area contributed by atoms with Crippen molar-refractivity contribution in [1.82, 2.24) is 29.6 Å². The van der Waals surface area contributed by atoms with Gasteiger partial charge in [0.15, 0.2) is 0 Å². The highest BCUT2D eigenvalue weighted by Crippen LogP contribution is 2.21. The van der Waals surface area contributed by atoms with E-state index in [1.54, 1.807) is 17.4 Å². The molecule has 0 saturated carbocycles. The predicted octanol–water partition coefficient (Wildman–Crippen LogP) is 0.545. The fourth-order valence-electron chi connectivity index (χ4n) is 2.33. The predicted molar refractivity (Wildman–Crippen MR) is 66.2 cm³/mol. The summed E-state index contributed by atoms with van der Waals surface area (Å²) in [5, 5.41) is 4.15. The smallest absolute Gasteiger partial charge is 0.274 e. The zero-order chi connectivity index (χ0) is 13.1. The van der Waals surface area contributed by atoms with Crippen LogP contribution in [-0.2, 0) is 0 Å². The number of amides is 1. The Morgan fingerprint density at radius 3 is 3.00 bits per heavy atom. The van der Waals surface area contributed by atoms with Crippen LogP contribution in [0.15, 0.2) is 31.2 Å². The van der Waals surface area contributed by atoms with E-state index in [2.05, 4.69) is 20.1 Å². The first-order chi connectivity index (χ1) is 9.34. The van der Waals surface area contributed by atoms with Gasteiger partial charge < -0.3 is 4.90 Å². The Balaban J connectivity index is 1.73. The molecule has 0 radical (unpaired) electrons. The summed E-state index contributed by atoms with van der Waals surface area (Å²) in [7, 11) is 0. The number of carbonyl (C=O) groups is 1. The van der Waals surface area contributed by atoms with Crippen LogP contribution in [0.2, 0.25) is 0 Å². The van der Waals surface area contributed by atoms with E-state index in [0.717, 1.165) is 19.4 Å². The zero-order valence-corrected chi connectivity index (χ0v) is 10.4. The van der Waals surface area contributed by atoms with E-state index in [4.69, 9.17) is 0 Å². The molecule has 0 N–H and O–H groups in total. The maximum Gasteiger partial charge on any atom is 0.274 e. The number of carbonyl (C=O) groups excluding carboxylic acids is 1. The molecule has 98 valence electrons. The lowest BCUT2D eigenvalue weighted by Crippen LogP contribution is -2.41. The summed E-state index contributed by atoms with van der Waals surface area (Å²) in [6.07, 6.45) is 9.77. The Morgan fingerprint density at radius 2 is 2.26 bits per heavy atom. The van der Waals surface area contributed by atoms with Crippen molar-refractivity contribution in [2.24, 2.45) is 0 Å². The molecular formula is C12H14N6O. The molecule has 1 fully saturated rings. The van der Waals surface area contributed by atoms with Gasteiger partial charge in [0.2, 0.25) is 0 Å². The molecule has 3 rings (SSSR count). The normalized spacial score (nSPS) is 19.4. The van der Waals surface area contributed by atoms with E-state index in [-0.39, 0.29) is 11.9 Å². The second-order valence-electron chi connectivity index (χ2n) is 4.51. The van der Waals surface area contributed by atoms with E-state index < -0.39 is 0 Å². The van der Waals surface area contributed by atoms with Crippen LogP contribution in [0.4, 0.5) is 0 Å². The third-order valence-electron chi connectivity index (χ3n) is 3.28. The van der Waals surface area contributed by atoms with Gasteiger partial charge in [-0.05, 0) is 12.8 Å². The van der Waals surface area contributed by atoms with Gasteiger partial charge in [0.05, 0.1) is 12.2 Å². The summed E-state index contributed by atoms with van der Waals surface area (Å²) in [6.45, 7) is 1.39. The first kappa shape index (κ1) is 11.8. The molecule has 0 unspecified atom stereocenters. The largest absolute Gasteiger partial charge is 0.335 e. The molecule has 0 bridgehead atoms. The van der Waals surface area contributed by atoms with Gasteiger partial charge in [-0.1, -0.05) is 0 Å². The minimum atomic E-state index is -0.0714. The molecule has 3 heterocycles. The van der Waals surface area contributed by atoms with Gasteiger partial charge in [0.25, 0.3) is 5.91 Å². The van der Waals surface area contributed by atoms with Crippen LogP contribution in [0.5, 0.6) is 0 Å². The molecule has 2 aromatic rings. The number of hydrogen-bond donors (Lipinski definition) is 0. The van der Waals surface area contributed by atoms with Gasteiger partial charge in [-0.3, -0.25) is 9.78 Å². The molecule has 1 aliphatic heterocycles. The number of aromatic nitrogens is 5. The molecule has 19 heavy (non-hydrogen) atoms. The second-order valence-corrected chi connectivity index (χ2v) is 4.51. The Kier molecular flexibility index (Phi) is 3.18. The molecule has 1 amide bonds. The van der Waals surface area contributed by atoms with E-state index in [1.807, 2.05) is 4.68 Å². The van der Waals surface area contributed by atoms with Crippen LogP contribution in [0.1, 0.15) is 29.4 Å². The summed E-state index contributed by atoms with van der Waals surface area (Å²) in [4.78, 5) is 26.0. The van der Waals surface area contributed by atoms with Crippen molar-refractivity contribution in [3.8, 4) is 0 Å². The van der Waals surface area contributed by atoms with Crippen LogP contribution < -0.4 is 0 Å². The summed E-state index contributed by atoms with van der Waals surface area (Å²) in [5.41, 5.74) is 0.391. The van der Waals surface area contributed by atoms with Crippen molar-refractivity contribution >= 4 is 5.91 Å². The van der Waals surface area contributed by atoms with E-state index in [9.17, 15) is 4.79 Å². The van der Waals surface area contributed by atoms with Gasteiger partial charge in [0, 0.05) is 25.5 Å². The highest BCUT2D eigenvalue weighted by Gasteiger charge is 2.26. The lowest BCUT2D eigenvalue weighted by molar-refractivity contribution is 0.0666. The van der Waals surface area contributed by atoms with Crippen molar-refractivity contribution in [3.63, 3.8) is 0 Å². The SMILES string of the molecule is O=C(c1cnccn1)N1CCC[C@H](n2cncn2)C1. The third-order valence-corrected chi connectivity index (χ3v) is 3.28. The van der Waals surface area contributed by atoms with Crippen LogP contribution in [0.25, 0.3) is 0 Å². The molecule has 2 aromatic heterocycles. The van der Waals surface area contributed by atoms with Gasteiger partial charge in [0.1, 0.15) is 18.3 Å². The lowest BCUT2D eigenvalue weighted by atomic mass is 10.1. The average molecular weight is 258 g/mol. The number of nitrogens with zero attached hydrogens (tertiary/aromatic N) is 6. The van der Waals surface area contributed by atoms with Gasteiger partial charge in [-0.15, -0.1) is 0 Å². The van der Waals surface area contributed by atoms with Crippen molar-refractivity contribution in [2.45, 2.75) is 18.9 Å². The molecule has 7 heteroatoms. The fourth-order valence-corrected chi connectivity index (χ4v) is 2.33. The summed E-state index contributed by atoms with van der Waals surface area (Å²) >= 11 is 0. The lowest BCUT2D eigenvalue weighted by Gasteiger charge is -2.32. The molecule has 0 aliphatic carbocycles. The summed E-state index contributed by atoms with van der Waals surface area (Å²) in [5.74, 6) is -0.0714. The van der Waals surface area contributed by atoms with Crippen molar-refractivity contribution in [1.29, 1.82) is 0 Å². The molecule has 1 saturated heterocycles. The number of piperidine rings is 1. The Morgan fingerprint density at radius 1 is 1.32 bits per heavy atom. The highest BCUT2D eigenvalue weighted by molar-refractivity contribution is 5.92. The summed E-state index contributed by atoms with van der Waals surface area (Å²) in [6, 6.07) is 0.192. The monoisotopic (exact) mass is 258 g/mol. The third kappa shape index (κ3) is 2.44. The minimum absolute atomic E-state index is 0.0714. The topological polar surface area (TPSA) is 76.8 Å². The maximum absolute atomic E-state index is 12.3. The quantitative estimate of drug-likeness (QED) is 0.786. The highest BCUT2D eigenvalue weighted by atomic mass is 16.2. The molecule has 7 nitrogen and oxygen atoms in total. The van der Waals surface area contributed by atoms with Gasteiger partial charge >= 0.3 is 0 Å². The molecule has 0 spiro atoms. The Labute approximate surface area is 110 Å². The van der Waals surface area contributed by atoms with Crippen LogP contribution >= 0.6 is 0 Å². The minimum Gasteiger partial charge on any atom is -0.335 e. The molecular weight excluding hydrogens is 244 g/mol. The number of hydrogen-bond acceptors (Lipinski definition) is 5. The molecule has 0 aromatic carbocycles. The average Bonchev–Trinajstić information content (AvgIpc) is 3.02. The number of rotatable bonds is 2. The maximum atomic E-state index is 12.3. The first-order valence-corrected chi connectivity index (χ1v) is 6.24. The second kappa shape index (κ2) is 5.13. The van der Waals surface area contributed by atoms with Gasteiger partial charge in [-0.25, -0.2) is 14.6 Å². The Hall–Kier alpha value is -2.31. The van der Waals surface area contributed by atoms with Crippen molar-refractivity contribution < 1.29 is 4.79 Å². The molecule has 1 atom stereocenters. The standard InChI is InChI=1S/C12H14N6O/c19-12(11-6-13-3-4-15-11)17-5-1-2-10(7-17)18-9-14-8-16-18/h3-4,6,8-10H,1-2,5,7H2/t10-/m0/s1. The fraction of sp³-hybridized carbons (Fsp3) is 0.417. The van der Waals surface area contributed by atoms with Crippen LogP contribution in [0.3, 0.4) is 0 Å². The van der Waals surface area contributed by atoms with Crippen LogP contribution in [0, 0.1) is 0 Å². The number of likely N-dealkylation sites (tertiary alicyclic amines) is 1. The van der Waals surface area contributed by atoms with E-state index in [0.29, 0.717) is 12.2 Å². The van der Waals surface area contributed by atoms with E-state index >= 15 is 0 Å². The van der Waals surface area contributed by atoms with Crippen molar-refractivity contribution in [2.75, 3.05) is 13.1 Å². The van der Waals surface area contributed by atoms with E-state index in [1.165, 1.54) is 18.7 Å². The molecule has 1 aliphatic rings. The summed E-state index contributed by atoms with van der Waals surface area (Å²) < 4.78 is 1.82.